The summed E-state index contributed by atoms with van der Waals surface area (Å²) in [6.45, 7) is 0. The van der Waals surface area contributed by atoms with Gasteiger partial charge in [0.15, 0.2) is 0 Å². The Morgan fingerprint density at radius 2 is 0.459 bits per heavy atom. The highest BCUT2D eigenvalue weighted by atomic mass is 15.0. The number of aromatic nitrogens is 2. The number of rotatable bonds is 9. The summed E-state index contributed by atoms with van der Waals surface area (Å²) in [7, 11) is 0. The van der Waals surface area contributed by atoms with Crippen molar-refractivity contribution in [1.82, 2.24) is 9.13 Å². The van der Waals surface area contributed by atoms with Crippen LogP contribution in [0.3, 0.4) is 0 Å². The number of hydrogen-bond donors (Lipinski definition) is 0. The van der Waals surface area contributed by atoms with Crippen LogP contribution in [0.2, 0.25) is 0 Å². The van der Waals surface area contributed by atoms with Crippen molar-refractivity contribution in [3.05, 3.63) is 291 Å². The molecule has 0 aliphatic carbocycles. The third kappa shape index (κ3) is 7.19. The molecule has 2 heterocycles. The maximum atomic E-state index is 2.60. The van der Waals surface area contributed by atoms with Crippen molar-refractivity contribution in [3.63, 3.8) is 0 Å². The fourth-order valence-electron chi connectivity index (χ4n) is 11.7. The first-order valence-electron chi connectivity index (χ1n) is 25.5. The summed E-state index contributed by atoms with van der Waals surface area (Å²) >= 11 is 0. The van der Waals surface area contributed by atoms with Gasteiger partial charge in [-0.3, -0.25) is 0 Å². The lowest BCUT2D eigenvalue weighted by Crippen LogP contribution is -2.02. The maximum absolute atomic E-state index is 2.60. The van der Waals surface area contributed by atoms with Gasteiger partial charge in [-0.2, -0.15) is 0 Å². The Kier molecular flexibility index (Phi) is 10.6. The Hall–Kier alpha value is -9.76. The van der Waals surface area contributed by atoms with Gasteiger partial charge in [0, 0.05) is 43.8 Å². The van der Waals surface area contributed by atoms with Gasteiger partial charge in [-0.25, -0.2) is 0 Å². The molecule has 0 aliphatic heterocycles. The molecule has 2 heteroatoms. The molecule has 0 saturated heterocycles. The van der Waals surface area contributed by atoms with E-state index in [-0.39, 0.29) is 0 Å². The quantitative estimate of drug-likeness (QED) is 0.136. The standard InChI is InChI=1S/C72H48N2/c1-5-25-49(26-6-1)55-33-13-15-35-57(55)53-45-63(51-29-9-3-10-30-51)71-65(47-53)66-48-54(58-36-16-14-34-56(58)50-27-7-2-8-28-50)46-64(52-31-11-4-12-32-52)72(66)74(71)70-44-24-20-40-62(70)61-39-19-23-43-69(61)73-67-41-21-17-37-59(67)60-38-18-22-42-68(60)73/h1-48H. The lowest BCUT2D eigenvalue weighted by Gasteiger charge is -2.21. The van der Waals surface area contributed by atoms with Crippen molar-refractivity contribution in [2.75, 3.05) is 0 Å². The van der Waals surface area contributed by atoms with Crippen LogP contribution in [0.5, 0.6) is 0 Å². The molecule has 0 bridgehead atoms. The molecule has 0 radical (unpaired) electrons. The van der Waals surface area contributed by atoms with E-state index in [0.29, 0.717) is 0 Å². The highest BCUT2D eigenvalue weighted by Gasteiger charge is 2.26. The molecule has 0 fully saturated rings. The van der Waals surface area contributed by atoms with Crippen LogP contribution < -0.4 is 0 Å². The predicted molar refractivity (Wildman–Crippen MR) is 313 cm³/mol. The number of hydrogen-bond acceptors (Lipinski definition) is 0. The molecule has 346 valence electrons. The molecule has 0 amide bonds. The lowest BCUT2D eigenvalue weighted by molar-refractivity contribution is 1.16. The topological polar surface area (TPSA) is 9.86 Å². The second kappa shape index (κ2) is 18.1. The zero-order chi connectivity index (χ0) is 49.0. The molecule has 12 aromatic carbocycles. The van der Waals surface area contributed by atoms with Crippen molar-refractivity contribution in [3.8, 4) is 89.3 Å². The van der Waals surface area contributed by atoms with Crippen LogP contribution in [0.1, 0.15) is 0 Å². The van der Waals surface area contributed by atoms with Crippen LogP contribution >= 0.6 is 0 Å². The van der Waals surface area contributed by atoms with Gasteiger partial charge in [-0.05, 0) is 104 Å². The average molecular weight is 941 g/mol. The fraction of sp³-hybridized carbons (Fsp3) is 0. The summed E-state index contributed by atoms with van der Waals surface area (Å²) in [5.74, 6) is 0. The monoisotopic (exact) mass is 940 g/mol. The Morgan fingerprint density at radius 1 is 0.176 bits per heavy atom. The molecule has 14 rings (SSSR count). The number of benzene rings is 12. The SMILES string of the molecule is c1ccc(-c2ccccc2-c2cc(-c3ccccc3)c3c(c2)c2cc(-c4ccccc4-c4ccccc4)cc(-c4ccccc4)c2n3-c2ccccc2-c2ccccc2-n2c3ccccc3c3ccccc32)cc1. The molecule has 74 heavy (non-hydrogen) atoms. The molecule has 0 spiro atoms. The van der Waals surface area contributed by atoms with Crippen molar-refractivity contribution < 1.29 is 0 Å². The van der Waals surface area contributed by atoms with Gasteiger partial charge in [0.25, 0.3) is 0 Å². The first-order valence-corrected chi connectivity index (χ1v) is 25.5. The molecule has 0 atom stereocenters. The van der Waals surface area contributed by atoms with Crippen molar-refractivity contribution >= 4 is 43.6 Å². The molecule has 0 saturated carbocycles. The molecule has 0 N–H and O–H groups in total. The minimum absolute atomic E-state index is 1.10. The van der Waals surface area contributed by atoms with E-state index in [1.807, 2.05) is 0 Å². The first-order chi connectivity index (χ1) is 36.8. The summed E-state index contributed by atoms with van der Waals surface area (Å²) in [6.07, 6.45) is 0. The Labute approximate surface area is 431 Å². The van der Waals surface area contributed by atoms with Gasteiger partial charge >= 0.3 is 0 Å². The highest BCUT2D eigenvalue weighted by Crippen LogP contribution is 2.49. The van der Waals surface area contributed by atoms with E-state index in [0.717, 1.165) is 66.9 Å². The summed E-state index contributed by atoms with van der Waals surface area (Å²) in [5.41, 5.74) is 23.3. The van der Waals surface area contributed by atoms with Crippen LogP contribution in [-0.4, -0.2) is 9.13 Å². The van der Waals surface area contributed by atoms with Crippen LogP contribution in [0.25, 0.3) is 133 Å². The molecule has 0 unspecified atom stereocenters. The zero-order valence-electron chi connectivity index (χ0n) is 40.6. The highest BCUT2D eigenvalue weighted by molar-refractivity contribution is 6.20. The Bertz CT molecular complexity index is 4150. The predicted octanol–water partition coefficient (Wildman–Crippen LogP) is 19.5. The Morgan fingerprint density at radius 3 is 0.851 bits per heavy atom. The normalized spacial score (nSPS) is 11.5. The van der Waals surface area contributed by atoms with Gasteiger partial charge in [0.1, 0.15) is 0 Å². The van der Waals surface area contributed by atoms with Crippen molar-refractivity contribution in [1.29, 1.82) is 0 Å². The van der Waals surface area contributed by atoms with E-state index in [1.54, 1.807) is 0 Å². The second-order valence-corrected chi connectivity index (χ2v) is 19.1. The largest absolute Gasteiger partial charge is 0.309 e. The molecule has 0 aliphatic rings. The summed E-state index contributed by atoms with van der Waals surface area (Å²) in [5, 5.41) is 4.84. The van der Waals surface area contributed by atoms with E-state index >= 15 is 0 Å². The van der Waals surface area contributed by atoms with E-state index in [1.165, 1.54) is 66.0 Å². The molecular formula is C72H48N2. The molecule has 2 nitrogen and oxygen atoms in total. The smallest absolute Gasteiger partial charge is 0.0620 e. The average Bonchev–Trinajstić information content (AvgIpc) is 4.00. The van der Waals surface area contributed by atoms with E-state index in [2.05, 4.69) is 300 Å². The van der Waals surface area contributed by atoms with Gasteiger partial charge in [0.2, 0.25) is 0 Å². The fourth-order valence-corrected chi connectivity index (χ4v) is 11.7. The minimum atomic E-state index is 1.10. The number of nitrogens with zero attached hydrogens (tertiary/aromatic N) is 2. The van der Waals surface area contributed by atoms with Crippen molar-refractivity contribution in [2.24, 2.45) is 0 Å². The van der Waals surface area contributed by atoms with Gasteiger partial charge in [-0.15, -0.1) is 0 Å². The van der Waals surface area contributed by atoms with Crippen LogP contribution in [0.4, 0.5) is 0 Å². The zero-order valence-corrected chi connectivity index (χ0v) is 40.6. The molecule has 2 aromatic heterocycles. The van der Waals surface area contributed by atoms with Gasteiger partial charge in [0.05, 0.1) is 33.4 Å². The van der Waals surface area contributed by atoms with Crippen LogP contribution in [0.15, 0.2) is 291 Å². The van der Waals surface area contributed by atoms with Gasteiger partial charge in [-0.1, -0.05) is 243 Å². The molecular weight excluding hydrogens is 893 g/mol. The third-order valence-electron chi connectivity index (χ3n) is 14.9. The van der Waals surface area contributed by atoms with E-state index in [9.17, 15) is 0 Å². The first kappa shape index (κ1) is 43.1. The number of para-hydroxylation sites is 4. The number of fused-ring (bicyclic) bond motifs is 6. The summed E-state index contributed by atoms with van der Waals surface area (Å²) in [4.78, 5) is 0. The second-order valence-electron chi connectivity index (χ2n) is 19.1. The summed E-state index contributed by atoms with van der Waals surface area (Å²) < 4.78 is 5.06. The van der Waals surface area contributed by atoms with Gasteiger partial charge < -0.3 is 9.13 Å². The van der Waals surface area contributed by atoms with Crippen molar-refractivity contribution in [2.45, 2.75) is 0 Å². The summed E-state index contributed by atoms with van der Waals surface area (Å²) in [6, 6.07) is 107. The lowest BCUT2D eigenvalue weighted by atomic mass is 9.89. The van der Waals surface area contributed by atoms with E-state index in [4.69, 9.17) is 0 Å². The van der Waals surface area contributed by atoms with Crippen LogP contribution in [0, 0.1) is 0 Å². The third-order valence-corrected chi connectivity index (χ3v) is 14.9. The van der Waals surface area contributed by atoms with E-state index < -0.39 is 0 Å². The minimum Gasteiger partial charge on any atom is -0.309 e. The maximum Gasteiger partial charge on any atom is 0.0620 e. The van der Waals surface area contributed by atoms with Crippen LogP contribution in [-0.2, 0) is 0 Å². The Balaban J connectivity index is 1.15. The molecule has 14 aromatic rings.